The zero-order valence-corrected chi connectivity index (χ0v) is 15.2. The van der Waals surface area contributed by atoms with E-state index < -0.39 is 17.3 Å². The van der Waals surface area contributed by atoms with E-state index >= 15 is 0 Å². The summed E-state index contributed by atoms with van der Waals surface area (Å²) in [7, 11) is 0. The van der Waals surface area contributed by atoms with Crippen molar-refractivity contribution in [3.05, 3.63) is 47.6 Å². The van der Waals surface area contributed by atoms with Crippen molar-refractivity contribution in [2.24, 2.45) is 23.7 Å². The van der Waals surface area contributed by atoms with E-state index in [1.54, 1.807) is 13.0 Å². The SMILES string of the molecule is CCOC(=O)/C(C#N)=C(/O)c1ccc(N2C(=O)C3C4C=CC(C4)C3C2=O)cc1. The number of nitriles is 1. The monoisotopic (exact) mass is 378 g/mol. The maximum Gasteiger partial charge on any atom is 0.352 e. The minimum Gasteiger partial charge on any atom is -0.506 e. The number of allylic oxidation sites excluding steroid dienone is 2. The highest BCUT2D eigenvalue weighted by Gasteiger charge is 2.59. The Morgan fingerprint density at radius 3 is 2.25 bits per heavy atom. The summed E-state index contributed by atoms with van der Waals surface area (Å²) < 4.78 is 4.76. The number of benzene rings is 1. The molecule has 2 bridgehead atoms. The van der Waals surface area contributed by atoms with Crippen molar-refractivity contribution in [3.63, 3.8) is 0 Å². The van der Waals surface area contributed by atoms with Gasteiger partial charge in [-0.1, -0.05) is 12.2 Å². The third kappa shape index (κ3) is 2.53. The number of carbonyl (C=O) groups is 3. The molecule has 1 saturated heterocycles. The van der Waals surface area contributed by atoms with E-state index in [2.05, 4.69) is 0 Å². The van der Waals surface area contributed by atoms with Crippen LogP contribution in [0.1, 0.15) is 18.9 Å². The Morgan fingerprint density at radius 1 is 1.18 bits per heavy atom. The first kappa shape index (κ1) is 18.0. The molecule has 2 amide bonds. The first-order valence-electron chi connectivity index (χ1n) is 9.15. The summed E-state index contributed by atoms with van der Waals surface area (Å²) >= 11 is 0. The number of fused-ring (bicyclic) bond motifs is 5. The van der Waals surface area contributed by atoms with Gasteiger partial charge in [0, 0.05) is 5.56 Å². The lowest BCUT2D eigenvalue weighted by molar-refractivity contribution is -0.138. The highest BCUT2D eigenvalue weighted by molar-refractivity contribution is 6.22. The molecule has 142 valence electrons. The molecule has 7 nitrogen and oxygen atoms in total. The van der Waals surface area contributed by atoms with Crippen molar-refractivity contribution >= 4 is 29.2 Å². The summed E-state index contributed by atoms with van der Waals surface area (Å²) in [6.07, 6.45) is 4.93. The quantitative estimate of drug-likeness (QED) is 0.215. The topological polar surface area (TPSA) is 108 Å². The molecule has 0 aromatic heterocycles. The number of aliphatic hydroxyl groups is 1. The second kappa shape index (κ2) is 6.64. The van der Waals surface area contributed by atoms with Gasteiger partial charge < -0.3 is 9.84 Å². The first-order valence-corrected chi connectivity index (χ1v) is 9.15. The number of anilines is 1. The van der Waals surface area contributed by atoms with Gasteiger partial charge in [0.2, 0.25) is 11.8 Å². The lowest BCUT2D eigenvalue weighted by Gasteiger charge is -2.17. The van der Waals surface area contributed by atoms with Crippen LogP contribution >= 0.6 is 0 Å². The van der Waals surface area contributed by atoms with Crippen molar-refractivity contribution in [2.75, 3.05) is 11.5 Å². The molecule has 28 heavy (non-hydrogen) atoms. The fourth-order valence-electron chi connectivity index (χ4n) is 4.47. The number of ether oxygens (including phenoxy) is 1. The van der Waals surface area contributed by atoms with E-state index in [4.69, 9.17) is 10.00 Å². The number of rotatable bonds is 4. The van der Waals surface area contributed by atoms with Crippen molar-refractivity contribution in [1.29, 1.82) is 5.26 Å². The smallest absolute Gasteiger partial charge is 0.352 e. The molecule has 2 aliphatic carbocycles. The standard InChI is InChI=1S/C21H18N2O5/c1-2-28-21(27)15(10-22)18(24)11-5-7-14(8-6-11)23-19(25)16-12-3-4-13(9-12)17(16)20(23)26/h3-8,12-13,16-17,24H,2,9H2,1H3/b18-15+. The fourth-order valence-corrected chi connectivity index (χ4v) is 4.47. The molecular weight excluding hydrogens is 360 g/mol. The number of carbonyl (C=O) groups excluding carboxylic acids is 3. The van der Waals surface area contributed by atoms with Gasteiger partial charge in [-0.05, 0) is 49.4 Å². The summed E-state index contributed by atoms with van der Waals surface area (Å²) in [5, 5.41) is 19.4. The summed E-state index contributed by atoms with van der Waals surface area (Å²) in [5.41, 5.74) is 0.129. The lowest BCUT2D eigenvalue weighted by atomic mass is 9.85. The van der Waals surface area contributed by atoms with Crippen LogP contribution in [0, 0.1) is 35.0 Å². The number of imide groups is 1. The van der Waals surface area contributed by atoms with Crippen LogP contribution in [0.5, 0.6) is 0 Å². The minimum absolute atomic E-state index is 0.0780. The molecule has 1 aliphatic heterocycles. The minimum atomic E-state index is -0.910. The average molecular weight is 378 g/mol. The van der Waals surface area contributed by atoms with E-state index in [9.17, 15) is 19.5 Å². The van der Waals surface area contributed by atoms with Gasteiger partial charge in [0.15, 0.2) is 5.57 Å². The van der Waals surface area contributed by atoms with Crippen LogP contribution in [0.3, 0.4) is 0 Å². The van der Waals surface area contributed by atoms with Gasteiger partial charge in [-0.3, -0.25) is 14.5 Å². The Hall–Kier alpha value is -3.40. The molecule has 1 heterocycles. The first-order chi connectivity index (χ1) is 13.5. The summed E-state index contributed by atoms with van der Waals surface area (Å²) in [5.74, 6) is -2.12. The Balaban J connectivity index is 1.61. The Bertz CT molecular complexity index is 940. The molecule has 2 fully saturated rings. The van der Waals surface area contributed by atoms with Gasteiger partial charge in [-0.25, -0.2) is 4.79 Å². The van der Waals surface area contributed by atoms with E-state index in [0.717, 1.165) is 6.42 Å². The summed E-state index contributed by atoms with van der Waals surface area (Å²) in [6, 6.07) is 7.62. The predicted octanol–water partition coefficient (Wildman–Crippen LogP) is 2.35. The number of nitrogens with zero attached hydrogens (tertiary/aromatic N) is 2. The van der Waals surface area contributed by atoms with Crippen LogP contribution in [0.4, 0.5) is 5.69 Å². The molecule has 4 rings (SSSR count). The summed E-state index contributed by atoms with van der Waals surface area (Å²) in [4.78, 5) is 38.6. The van der Waals surface area contributed by atoms with E-state index in [1.807, 2.05) is 12.2 Å². The van der Waals surface area contributed by atoms with Crippen molar-refractivity contribution in [2.45, 2.75) is 13.3 Å². The zero-order valence-electron chi connectivity index (χ0n) is 15.2. The van der Waals surface area contributed by atoms with E-state index in [1.165, 1.54) is 29.2 Å². The molecule has 4 unspecified atom stereocenters. The van der Waals surface area contributed by atoms with Crippen molar-refractivity contribution in [3.8, 4) is 6.07 Å². The lowest BCUT2D eigenvalue weighted by Crippen LogP contribution is -2.32. The largest absolute Gasteiger partial charge is 0.506 e. The molecular formula is C21H18N2O5. The summed E-state index contributed by atoms with van der Waals surface area (Å²) in [6.45, 7) is 1.68. The van der Waals surface area contributed by atoms with Crippen molar-refractivity contribution < 1.29 is 24.2 Å². The molecule has 1 saturated carbocycles. The van der Waals surface area contributed by atoms with Gasteiger partial charge in [-0.15, -0.1) is 0 Å². The Labute approximate surface area is 161 Å². The van der Waals surface area contributed by atoms with E-state index in [-0.39, 0.29) is 47.7 Å². The Kier molecular flexibility index (Phi) is 4.27. The van der Waals surface area contributed by atoms with Gasteiger partial charge in [0.1, 0.15) is 11.8 Å². The molecule has 3 aliphatic rings. The number of hydrogen-bond donors (Lipinski definition) is 1. The number of esters is 1. The Morgan fingerprint density at radius 2 is 1.75 bits per heavy atom. The van der Waals surface area contributed by atoms with Gasteiger partial charge in [0.25, 0.3) is 0 Å². The van der Waals surface area contributed by atoms with Gasteiger partial charge >= 0.3 is 5.97 Å². The highest BCUT2D eigenvalue weighted by Crippen LogP contribution is 2.53. The maximum atomic E-state index is 12.8. The highest BCUT2D eigenvalue weighted by atomic mass is 16.5. The van der Waals surface area contributed by atoms with Crippen LogP contribution in [-0.2, 0) is 19.1 Å². The second-order valence-electron chi connectivity index (χ2n) is 7.11. The van der Waals surface area contributed by atoms with Crippen LogP contribution in [-0.4, -0.2) is 29.5 Å². The number of amides is 2. The maximum absolute atomic E-state index is 12.8. The molecule has 4 atom stereocenters. The number of aliphatic hydroxyl groups excluding tert-OH is 1. The van der Waals surface area contributed by atoms with Crippen LogP contribution < -0.4 is 4.90 Å². The second-order valence-corrected chi connectivity index (χ2v) is 7.11. The van der Waals surface area contributed by atoms with E-state index in [0.29, 0.717) is 5.69 Å². The molecule has 1 N–H and O–H groups in total. The fraction of sp³-hybridized carbons (Fsp3) is 0.333. The van der Waals surface area contributed by atoms with Gasteiger partial charge in [0.05, 0.1) is 24.1 Å². The molecule has 0 spiro atoms. The average Bonchev–Trinajstić information content (AvgIpc) is 3.36. The third-order valence-electron chi connectivity index (χ3n) is 5.70. The van der Waals surface area contributed by atoms with Crippen molar-refractivity contribution in [1.82, 2.24) is 0 Å². The molecule has 1 aromatic rings. The predicted molar refractivity (Wildman–Crippen MR) is 98.4 cm³/mol. The van der Waals surface area contributed by atoms with Gasteiger partial charge in [-0.2, -0.15) is 5.26 Å². The third-order valence-corrected chi connectivity index (χ3v) is 5.70. The normalized spacial score (nSPS) is 28.2. The van der Waals surface area contributed by atoms with Crippen LogP contribution in [0.2, 0.25) is 0 Å². The van der Waals surface area contributed by atoms with Crippen LogP contribution in [0.15, 0.2) is 42.0 Å². The molecule has 0 radical (unpaired) electrons. The molecule has 1 aromatic carbocycles. The number of hydrogen-bond acceptors (Lipinski definition) is 6. The van der Waals surface area contributed by atoms with Crippen LogP contribution in [0.25, 0.3) is 5.76 Å². The zero-order chi connectivity index (χ0) is 20.0. The molecule has 7 heteroatoms.